The molecule has 0 saturated carbocycles. The average Bonchev–Trinajstić information content (AvgIpc) is 3.03. The fourth-order valence-corrected chi connectivity index (χ4v) is 4.27. The van der Waals surface area contributed by atoms with Gasteiger partial charge in [-0.2, -0.15) is 0 Å². The molecule has 0 aliphatic carbocycles. The molecule has 2 aromatic rings. The standard InChI is InChI=1S/C13H14N4S2/c1-2-4-11-10(3-1)15-13(19-11)18-9-12-14-5-6-17(12)16-7-8-16/h1-4H,5-9H2. The van der Waals surface area contributed by atoms with Crippen LogP contribution in [0.25, 0.3) is 10.2 Å². The Labute approximate surface area is 120 Å². The van der Waals surface area contributed by atoms with Gasteiger partial charge in [-0.25, -0.2) is 9.99 Å². The average molecular weight is 290 g/mol. The van der Waals surface area contributed by atoms with Crippen LogP contribution in [0.4, 0.5) is 0 Å². The van der Waals surface area contributed by atoms with Gasteiger partial charge in [-0.15, -0.1) is 11.3 Å². The first-order valence-corrected chi connectivity index (χ1v) is 8.24. The SMILES string of the molecule is c1ccc2sc(SCC3=NCCN3N3CC3)nc2c1. The Morgan fingerprint density at radius 3 is 2.95 bits per heavy atom. The molecule has 6 heteroatoms. The second-order valence-corrected chi connectivity index (χ2v) is 6.86. The van der Waals surface area contributed by atoms with Gasteiger partial charge in [0, 0.05) is 13.1 Å². The van der Waals surface area contributed by atoms with Crippen molar-refractivity contribution < 1.29 is 0 Å². The fraction of sp³-hybridized carbons (Fsp3) is 0.385. The van der Waals surface area contributed by atoms with E-state index in [9.17, 15) is 0 Å². The fourth-order valence-electron chi connectivity index (χ4n) is 2.23. The minimum Gasteiger partial charge on any atom is -0.291 e. The zero-order valence-electron chi connectivity index (χ0n) is 10.5. The number of fused-ring (bicyclic) bond motifs is 1. The third kappa shape index (κ3) is 2.35. The topological polar surface area (TPSA) is 31.5 Å². The summed E-state index contributed by atoms with van der Waals surface area (Å²) in [5.41, 5.74) is 1.10. The molecule has 98 valence electrons. The molecule has 2 aliphatic heterocycles. The van der Waals surface area contributed by atoms with Gasteiger partial charge < -0.3 is 0 Å². The summed E-state index contributed by atoms with van der Waals surface area (Å²) in [5.74, 6) is 2.14. The van der Waals surface area contributed by atoms with Crippen molar-refractivity contribution in [3.05, 3.63) is 24.3 Å². The van der Waals surface area contributed by atoms with Crippen LogP contribution in [-0.4, -0.2) is 52.8 Å². The molecule has 1 aromatic heterocycles. The summed E-state index contributed by atoms with van der Waals surface area (Å²) in [4.78, 5) is 9.26. The van der Waals surface area contributed by atoms with Crippen LogP contribution in [-0.2, 0) is 0 Å². The lowest BCUT2D eigenvalue weighted by Gasteiger charge is -2.20. The van der Waals surface area contributed by atoms with Crippen LogP contribution in [0.5, 0.6) is 0 Å². The van der Waals surface area contributed by atoms with Crippen molar-refractivity contribution in [3.63, 3.8) is 0 Å². The molecule has 2 aliphatic rings. The van der Waals surface area contributed by atoms with Gasteiger partial charge in [0.1, 0.15) is 5.84 Å². The lowest BCUT2D eigenvalue weighted by molar-refractivity contribution is 0.209. The number of hydrogen-bond acceptors (Lipinski definition) is 6. The van der Waals surface area contributed by atoms with Crippen molar-refractivity contribution in [2.75, 3.05) is 31.9 Å². The Morgan fingerprint density at radius 1 is 1.21 bits per heavy atom. The summed E-state index contributed by atoms with van der Waals surface area (Å²) in [7, 11) is 0. The van der Waals surface area contributed by atoms with E-state index in [0.29, 0.717) is 0 Å². The summed E-state index contributed by atoms with van der Waals surface area (Å²) < 4.78 is 2.41. The lowest BCUT2D eigenvalue weighted by Crippen LogP contribution is -2.34. The molecule has 4 nitrogen and oxygen atoms in total. The van der Waals surface area contributed by atoms with Gasteiger partial charge in [-0.3, -0.25) is 10.0 Å². The molecule has 3 heterocycles. The van der Waals surface area contributed by atoms with Crippen LogP contribution in [0.1, 0.15) is 0 Å². The first kappa shape index (κ1) is 11.7. The maximum absolute atomic E-state index is 4.65. The van der Waals surface area contributed by atoms with Crippen LogP contribution < -0.4 is 0 Å². The van der Waals surface area contributed by atoms with Gasteiger partial charge in [0.25, 0.3) is 0 Å². The Kier molecular flexibility index (Phi) is 2.94. The smallest absolute Gasteiger partial charge is 0.151 e. The molecule has 1 fully saturated rings. The van der Waals surface area contributed by atoms with Crippen LogP contribution >= 0.6 is 23.1 Å². The quantitative estimate of drug-likeness (QED) is 0.639. The zero-order valence-corrected chi connectivity index (χ0v) is 12.1. The normalized spacial score (nSPS) is 19.2. The number of rotatable bonds is 4. The Balaban J connectivity index is 1.46. The highest BCUT2D eigenvalue weighted by atomic mass is 32.2. The monoisotopic (exact) mass is 290 g/mol. The molecular weight excluding hydrogens is 276 g/mol. The predicted molar refractivity (Wildman–Crippen MR) is 80.9 cm³/mol. The van der Waals surface area contributed by atoms with E-state index >= 15 is 0 Å². The van der Waals surface area contributed by atoms with Crippen molar-refractivity contribution in [1.29, 1.82) is 0 Å². The summed E-state index contributed by atoms with van der Waals surface area (Å²) in [6.45, 7) is 4.36. The lowest BCUT2D eigenvalue weighted by atomic mass is 10.3. The molecule has 0 N–H and O–H groups in total. The summed E-state index contributed by atoms with van der Waals surface area (Å²) in [5, 5.41) is 4.69. The van der Waals surface area contributed by atoms with Gasteiger partial charge >= 0.3 is 0 Å². The van der Waals surface area contributed by atoms with E-state index in [1.165, 1.54) is 23.6 Å². The van der Waals surface area contributed by atoms with Crippen LogP contribution in [0, 0.1) is 0 Å². The molecule has 0 unspecified atom stereocenters. The molecule has 4 rings (SSSR count). The van der Waals surface area contributed by atoms with E-state index in [4.69, 9.17) is 0 Å². The van der Waals surface area contributed by atoms with Gasteiger partial charge in [-0.1, -0.05) is 23.9 Å². The number of aliphatic imine (C=N–C) groups is 1. The molecule has 1 saturated heterocycles. The molecule has 0 atom stereocenters. The number of amidine groups is 1. The van der Waals surface area contributed by atoms with E-state index in [2.05, 4.69) is 38.2 Å². The van der Waals surface area contributed by atoms with Crippen molar-refractivity contribution in [1.82, 2.24) is 15.0 Å². The first-order chi connectivity index (χ1) is 9.40. The predicted octanol–water partition coefficient (Wildman–Crippen LogP) is 2.33. The van der Waals surface area contributed by atoms with Crippen molar-refractivity contribution in [2.24, 2.45) is 4.99 Å². The maximum atomic E-state index is 4.65. The Hall–Kier alpha value is -1.11. The molecule has 19 heavy (non-hydrogen) atoms. The van der Waals surface area contributed by atoms with Crippen LogP contribution in [0.2, 0.25) is 0 Å². The van der Waals surface area contributed by atoms with E-state index in [1.54, 1.807) is 23.1 Å². The van der Waals surface area contributed by atoms with Crippen molar-refractivity contribution in [2.45, 2.75) is 4.34 Å². The third-order valence-electron chi connectivity index (χ3n) is 3.27. The van der Waals surface area contributed by atoms with Gasteiger partial charge in [-0.05, 0) is 12.1 Å². The first-order valence-electron chi connectivity index (χ1n) is 6.44. The minimum absolute atomic E-state index is 0.927. The largest absolute Gasteiger partial charge is 0.291 e. The van der Waals surface area contributed by atoms with E-state index in [0.717, 1.165) is 28.7 Å². The number of thioether (sulfide) groups is 1. The third-order valence-corrected chi connectivity index (χ3v) is 5.44. The molecule has 0 amide bonds. The van der Waals surface area contributed by atoms with Gasteiger partial charge in [0.05, 0.1) is 29.1 Å². The molecule has 1 aromatic carbocycles. The Morgan fingerprint density at radius 2 is 2.11 bits per heavy atom. The second-order valence-electron chi connectivity index (χ2n) is 4.61. The van der Waals surface area contributed by atoms with Gasteiger partial charge in [0.2, 0.25) is 0 Å². The summed E-state index contributed by atoms with van der Waals surface area (Å²) in [6.07, 6.45) is 0. The van der Waals surface area contributed by atoms with E-state index < -0.39 is 0 Å². The van der Waals surface area contributed by atoms with E-state index in [1.807, 2.05) is 6.07 Å². The minimum atomic E-state index is 0.927. The highest BCUT2D eigenvalue weighted by Gasteiger charge is 2.30. The molecule has 0 spiro atoms. The summed E-state index contributed by atoms with van der Waals surface area (Å²) >= 11 is 3.57. The number of benzene rings is 1. The number of hydrogen-bond donors (Lipinski definition) is 0. The highest BCUT2D eigenvalue weighted by Crippen LogP contribution is 2.30. The van der Waals surface area contributed by atoms with Crippen LogP contribution in [0.15, 0.2) is 33.6 Å². The second kappa shape index (κ2) is 4.77. The zero-order chi connectivity index (χ0) is 12.7. The summed E-state index contributed by atoms with van der Waals surface area (Å²) in [6, 6.07) is 8.31. The van der Waals surface area contributed by atoms with Gasteiger partial charge in [0.15, 0.2) is 4.34 Å². The van der Waals surface area contributed by atoms with Crippen molar-refractivity contribution >= 4 is 39.2 Å². The molecule has 0 radical (unpaired) electrons. The molecular formula is C13H14N4S2. The number of aromatic nitrogens is 1. The number of hydrazine groups is 1. The van der Waals surface area contributed by atoms with E-state index in [-0.39, 0.29) is 0 Å². The maximum Gasteiger partial charge on any atom is 0.151 e. The van der Waals surface area contributed by atoms with Crippen LogP contribution in [0.3, 0.4) is 0 Å². The molecule has 0 bridgehead atoms. The Bertz CT molecular complexity index is 599. The van der Waals surface area contributed by atoms with Crippen molar-refractivity contribution in [3.8, 4) is 0 Å². The number of thiazole rings is 1. The highest BCUT2D eigenvalue weighted by molar-refractivity contribution is 8.01. The number of para-hydroxylation sites is 1. The number of nitrogens with zero attached hydrogens (tertiary/aromatic N) is 4.